The minimum atomic E-state index is -3.69. The van der Waals surface area contributed by atoms with E-state index in [9.17, 15) is 13.2 Å². The molecule has 1 aromatic carbocycles. The van der Waals surface area contributed by atoms with Gasteiger partial charge in [-0.1, -0.05) is 11.6 Å². The van der Waals surface area contributed by atoms with Gasteiger partial charge in [0.2, 0.25) is 4.34 Å². The van der Waals surface area contributed by atoms with Crippen LogP contribution in [0.4, 0.5) is 0 Å². The van der Waals surface area contributed by atoms with Gasteiger partial charge >= 0.3 is 5.97 Å². The number of rotatable bonds is 8. The van der Waals surface area contributed by atoms with E-state index in [0.717, 1.165) is 16.0 Å². The standard InChI is InChI=1S/C13H16ClN3O4S2/c1-2-21-12(18)8-15-5-6-16-23(19,20)13-17-10-7-9(14)3-4-11(10)22-13/h3-4,7,15-16H,2,5-6,8H2,1H3. The molecule has 23 heavy (non-hydrogen) atoms. The lowest BCUT2D eigenvalue weighted by molar-refractivity contribution is -0.141. The van der Waals surface area contributed by atoms with E-state index in [1.54, 1.807) is 25.1 Å². The van der Waals surface area contributed by atoms with Crippen molar-refractivity contribution >= 4 is 49.1 Å². The number of nitrogens with zero attached hydrogens (tertiary/aromatic N) is 1. The van der Waals surface area contributed by atoms with Gasteiger partial charge in [-0.05, 0) is 25.1 Å². The fourth-order valence-corrected chi connectivity index (χ4v) is 4.17. The maximum Gasteiger partial charge on any atom is 0.319 e. The zero-order valence-corrected chi connectivity index (χ0v) is 14.7. The highest BCUT2D eigenvalue weighted by molar-refractivity contribution is 7.91. The lowest BCUT2D eigenvalue weighted by Gasteiger charge is -2.05. The van der Waals surface area contributed by atoms with Crippen molar-refractivity contribution in [3.05, 3.63) is 23.2 Å². The van der Waals surface area contributed by atoms with Crippen molar-refractivity contribution < 1.29 is 17.9 Å². The fraction of sp³-hybridized carbons (Fsp3) is 0.385. The molecule has 0 saturated heterocycles. The van der Waals surface area contributed by atoms with E-state index in [2.05, 4.69) is 15.0 Å². The van der Waals surface area contributed by atoms with E-state index in [4.69, 9.17) is 16.3 Å². The number of fused-ring (bicyclic) bond motifs is 1. The Kier molecular flexibility index (Phi) is 6.31. The van der Waals surface area contributed by atoms with Gasteiger partial charge in [0.15, 0.2) is 0 Å². The van der Waals surface area contributed by atoms with Gasteiger partial charge in [0, 0.05) is 18.1 Å². The third kappa shape index (κ3) is 5.11. The number of hydrogen-bond donors (Lipinski definition) is 2. The molecule has 0 amide bonds. The van der Waals surface area contributed by atoms with Crippen LogP contribution in [0.25, 0.3) is 10.2 Å². The lowest BCUT2D eigenvalue weighted by Crippen LogP contribution is -2.34. The van der Waals surface area contributed by atoms with Crippen molar-refractivity contribution in [1.29, 1.82) is 0 Å². The molecule has 1 heterocycles. The Balaban J connectivity index is 1.89. The van der Waals surface area contributed by atoms with Gasteiger partial charge in [0.25, 0.3) is 10.0 Å². The van der Waals surface area contributed by atoms with E-state index >= 15 is 0 Å². The van der Waals surface area contributed by atoms with Gasteiger partial charge in [-0.25, -0.2) is 18.1 Å². The first kappa shape index (κ1) is 18.1. The van der Waals surface area contributed by atoms with Gasteiger partial charge in [-0.15, -0.1) is 11.3 Å². The first-order valence-corrected chi connectivity index (χ1v) is 9.52. The van der Waals surface area contributed by atoms with Crippen molar-refractivity contribution in [2.75, 3.05) is 26.2 Å². The summed E-state index contributed by atoms with van der Waals surface area (Å²) < 4.78 is 32.2. The highest BCUT2D eigenvalue weighted by Crippen LogP contribution is 2.27. The number of nitrogens with one attached hydrogen (secondary N) is 2. The molecule has 0 aliphatic heterocycles. The molecule has 0 saturated carbocycles. The number of sulfonamides is 1. The molecule has 1 aromatic heterocycles. The maximum absolute atomic E-state index is 12.2. The molecule has 0 bridgehead atoms. The van der Waals surface area contributed by atoms with Gasteiger partial charge in [-0.2, -0.15) is 0 Å². The zero-order chi connectivity index (χ0) is 16.9. The molecule has 0 fully saturated rings. The SMILES string of the molecule is CCOC(=O)CNCCNS(=O)(=O)c1nc2cc(Cl)ccc2s1. The smallest absolute Gasteiger partial charge is 0.319 e. The van der Waals surface area contributed by atoms with Crippen LogP contribution in [0.5, 0.6) is 0 Å². The summed E-state index contributed by atoms with van der Waals surface area (Å²) in [4.78, 5) is 15.2. The second-order valence-corrected chi connectivity index (χ2v) is 7.88. The highest BCUT2D eigenvalue weighted by Gasteiger charge is 2.19. The second-order valence-electron chi connectivity index (χ2n) is 4.47. The summed E-state index contributed by atoms with van der Waals surface area (Å²) in [5.74, 6) is -0.376. The van der Waals surface area contributed by atoms with Crippen LogP contribution in [0.3, 0.4) is 0 Å². The van der Waals surface area contributed by atoms with Crippen LogP contribution in [0.1, 0.15) is 6.92 Å². The first-order valence-electron chi connectivity index (χ1n) is 6.84. The summed E-state index contributed by atoms with van der Waals surface area (Å²) >= 11 is 6.94. The third-order valence-corrected chi connectivity index (χ3v) is 5.84. The molecule has 7 nitrogen and oxygen atoms in total. The van der Waals surface area contributed by atoms with E-state index in [1.165, 1.54) is 0 Å². The van der Waals surface area contributed by atoms with Crippen LogP contribution < -0.4 is 10.0 Å². The molecule has 0 atom stereocenters. The summed E-state index contributed by atoms with van der Waals surface area (Å²) in [6.07, 6.45) is 0. The number of thiazole rings is 1. The molecule has 10 heteroatoms. The van der Waals surface area contributed by atoms with Gasteiger partial charge < -0.3 is 10.1 Å². The van der Waals surface area contributed by atoms with Crippen LogP contribution in [0.15, 0.2) is 22.5 Å². The van der Waals surface area contributed by atoms with Gasteiger partial charge in [0.1, 0.15) is 0 Å². The zero-order valence-electron chi connectivity index (χ0n) is 12.3. The molecule has 2 rings (SSSR count). The predicted octanol–water partition coefficient (Wildman–Crippen LogP) is 1.38. The molecule has 0 unspecified atom stereocenters. The molecule has 126 valence electrons. The quantitative estimate of drug-likeness (QED) is 0.533. The number of benzene rings is 1. The van der Waals surface area contributed by atoms with Crippen LogP contribution >= 0.6 is 22.9 Å². The van der Waals surface area contributed by atoms with Gasteiger partial charge in [-0.3, -0.25) is 4.79 Å². The summed E-state index contributed by atoms with van der Waals surface area (Å²) in [5, 5.41) is 3.29. The van der Waals surface area contributed by atoms with E-state index < -0.39 is 10.0 Å². The molecule has 0 aliphatic rings. The Hall–Kier alpha value is -1.26. The fourth-order valence-electron chi connectivity index (χ4n) is 1.73. The number of halogens is 1. The minimum Gasteiger partial charge on any atom is -0.465 e. The Labute approximate surface area is 143 Å². The largest absolute Gasteiger partial charge is 0.465 e. The average molecular weight is 378 g/mol. The first-order chi connectivity index (χ1) is 10.9. The van der Waals surface area contributed by atoms with Crippen LogP contribution in [-0.2, 0) is 19.6 Å². The van der Waals surface area contributed by atoms with Crippen molar-refractivity contribution in [2.24, 2.45) is 0 Å². The molecular weight excluding hydrogens is 362 g/mol. The Morgan fingerprint density at radius 2 is 2.17 bits per heavy atom. The van der Waals surface area contributed by atoms with Crippen molar-refractivity contribution in [3.8, 4) is 0 Å². The monoisotopic (exact) mass is 377 g/mol. The normalized spacial score (nSPS) is 11.7. The maximum atomic E-state index is 12.2. The number of hydrogen-bond acceptors (Lipinski definition) is 7. The molecule has 0 aliphatic carbocycles. The van der Waals surface area contributed by atoms with Crippen LogP contribution in [-0.4, -0.2) is 45.6 Å². The van der Waals surface area contributed by atoms with Crippen molar-refractivity contribution in [3.63, 3.8) is 0 Å². The van der Waals surface area contributed by atoms with E-state index in [1.807, 2.05) is 0 Å². The molecule has 0 radical (unpaired) electrons. The van der Waals surface area contributed by atoms with E-state index in [0.29, 0.717) is 23.7 Å². The molecule has 0 spiro atoms. The Morgan fingerprint density at radius 1 is 1.39 bits per heavy atom. The minimum absolute atomic E-state index is 0.0137. The Morgan fingerprint density at radius 3 is 2.91 bits per heavy atom. The number of carbonyl (C=O) groups excluding carboxylic acids is 1. The van der Waals surface area contributed by atoms with Crippen molar-refractivity contribution in [2.45, 2.75) is 11.3 Å². The van der Waals surface area contributed by atoms with Crippen molar-refractivity contribution in [1.82, 2.24) is 15.0 Å². The number of aromatic nitrogens is 1. The number of ether oxygens (including phenoxy) is 1. The lowest BCUT2D eigenvalue weighted by atomic mass is 10.3. The van der Waals surface area contributed by atoms with Crippen LogP contribution in [0, 0.1) is 0 Å². The molecule has 2 aromatic rings. The molecule has 2 N–H and O–H groups in total. The highest BCUT2D eigenvalue weighted by atomic mass is 35.5. The van der Waals surface area contributed by atoms with Gasteiger partial charge in [0.05, 0.1) is 23.4 Å². The summed E-state index contributed by atoms with van der Waals surface area (Å²) in [6.45, 7) is 2.51. The average Bonchev–Trinajstić information content (AvgIpc) is 2.91. The third-order valence-electron chi connectivity index (χ3n) is 2.73. The number of carbonyl (C=O) groups is 1. The molecular formula is C13H16ClN3O4S2. The Bertz CT molecular complexity index is 792. The van der Waals surface area contributed by atoms with Crippen LogP contribution in [0.2, 0.25) is 5.02 Å². The summed E-state index contributed by atoms with van der Waals surface area (Å²) in [7, 11) is -3.69. The topological polar surface area (TPSA) is 97.4 Å². The number of esters is 1. The second kappa shape index (κ2) is 8.02. The summed E-state index contributed by atoms with van der Waals surface area (Å²) in [6, 6.07) is 5.04. The predicted molar refractivity (Wildman–Crippen MR) is 89.3 cm³/mol. The summed E-state index contributed by atoms with van der Waals surface area (Å²) in [5.41, 5.74) is 0.545. The van der Waals surface area contributed by atoms with E-state index in [-0.39, 0.29) is 23.4 Å².